The van der Waals surface area contributed by atoms with Crippen LogP contribution in [0.25, 0.3) is 0 Å². The number of halogens is 3. The molecular weight excluding hydrogens is 498 g/mol. The van der Waals surface area contributed by atoms with Gasteiger partial charge in [0.15, 0.2) is 0 Å². The van der Waals surface area contributed by atoms with E-state index in [9.17, 15) is 0 Å². The Morgan fingerprint density at radius 2 is 0.781 bits per heavy atom. The van der Waals surface area contributed by atoms with E-state index in [2.05, 4.69) is 91.8 Å². The topological polar surface area (TPSA) is 24.7 Å². The van der Waals surface area contributed by atoms with Crippen LogP contribution in [0, 0.1) is 0 Å². The molecule has 0 heterocycles. The van der Waals surface area contributed by atoms with Gasteiger partial charge in [-0.3, -0.25) is 9.98 Å². The molecule has 0 spiro atoms. The van der Waals surface area contributed by atoms with Crippen LogP contribution >= 0.6 is 29.5 Å². The Bertz CT molecular complexity index is 777. The predicted molar refractivity (Wildman–Crippen MR) is 143 cm³/mol. The second-order valence-corrected chi connectivity index (χ2v) is 15.9. The van der Waals surface area contributed by atoms with E-state index in [1.54, 1.807) is 0 Å². The zero-order valence-electron chi connectivity index (χ0n) is 20.4. The van der Waals surface area contributed by atoms with Gasteiger partial charge in [0.2, 0.25) is 0 Å². The molecule has 0 saturated heterocycles. The fraction of sp³-hybridized carbons (Fsp3) is 0.462. The van der Waals surface area contributed by atoms with Crippen LogP contribution < -0.4 is 0 Å². The van der Waals surface area contributed by atoms with Gasteiger partial charge in [0.05, 0.1) is 11.4 Å². The first-order chi connectivity index (χ1) is 15.0. The summed E-state index contributed by atoms with van der Waals surface area (Å²) in [5.41, 5.74) is 7.37. The summed E-state index contributed by atoms with van der Waals surface area (Å²) in [4.78, 5) is 9.68. The summed E-state index contributed by atoms with van der Waals surface area (Å²) in [6, 6.07) is 13.0. The fourth-order valence-corrected chi connectivity index (χ4v) is 3.54. The van der Waals surface area contributed by atoms with Gasteiger partial charge < -0.3 is 0 Å². The van der Waals surface area contributed by atoms with Crippen molar-refractivity contribution in [1.29, 1.82) is 0 Å². The molecule has 2 aromatic carbocycles. The molecule has 2 rings (SSSR count). The van der Waals surface area contributed by atoms with Gasteiger partial charge in [0.25, 0.3) is 0 Å². The van der Waals surface area contributed by atoms with Crippen molar-refractivity contribution in [3.8, 4) is 0 Å². The van der Waals surface area contributed by atoms with E-state index in [0.29, 0.717) is 23.7 Å². The quantitative estimate of drug-likeness (QED) is 0.316. The molecule has 0 amide bonds. The summed E-state index contributed by atoms with van der Waals surface area (Å²) in [7, 11) is 14.9. The van der Waals surface area contributed by atoms with Crippen LogP contribution in [0.15, 0.2) is 46.4 Å². The second-order valence-electron chi connectivity index (χ2n) is 8.94. The Labute approximate surface area is 212 Å². The molecule has 0 saturated carbocycles. The number of hydrogen-bond acceptors (Lipinski definition) is 2. The maximum absolute atomic E-state index is 4.95. The molecule has 0 N–H and O–H groups in total. The van der Waals surface area contributed by atoms with Crippen molar-refractivity contribution in [3.05, 3.63) is 58.7 Å². The van der Waals surface area contributed by atoms with Crippen LogP contribution in [0.1, 0.15) is 101 Å². The van der Waals surface area contributed by atoms with E-state index in [4.69, 9.17) is 39.5 Å². The Balaban J connectivity index is 0.00000118. The zero-order chi connectivity index (χ0) is 24.4. The maximum atomic E-state index is 4.95. The van der Waals surface area contributed by atoms with Gasteiger partial charge in [-0.05, 0) is 45.9 Å². The van der Waals surface area contributed by atoms with Gasteiger partial charge in [0, 0.05) is 12.4 Å². The summed E-state index contributed by atoms with van der Waals surface area (Å²) < 4.78 is 0. The van der Waals surface area contributed by atoms with Crippen LogP contribution in [0.4, 0.5) is 11.4 Å². The molecule has 6 heteroatoms. The number of aliphatic imine (C=N–C) groups is 2. The Morgan fingerprint density at radius 1 is 0.562 bits per heavy atom. The van der Waals surface area contributed by atoms with Crippen LogP contribution in [-0.2, 0) is 12.3 Å². The molecule has 0 aliphatic heterocycles. The van der Waals surface area contributed by atoms with Crippen LogP contribution in [0.5, 0.6) is 0 Å². The van der Waals surface area contributed by atoms with E-state index >= 15 is 0 Å². The third kappa shape index (κ3) is 9.24. The molecule has 2 nitrogen and oxygen atoms in total. The number of benzene rings is 2. The first-order valence-corrected chi connectivity index (χ1v) is 16.8. The number of nitrogens with zero attached hydrogens (tertiary/aromatic N) is 2. The first kappa shape index (κ1) is 29.3. The summed E-state index contributed by atoms with van der Waals surface area (Å²) in [6.45, 7) is 17.8. The number of rotatable bonds is 7. The SMILES string of the molecule is CC(C)c1cccc(C(C)C)c1N=CC=Nc1c(C(C)C)cccc1C(C)C.[Cl][V]([Cl])[Cl]. The number of para-hydroxylation sites is 2. The van der Waals surface area contributed by atoms with Crippen LogP contribution in [-0.4, -0.2) is 12.4 Å². The third-order valence-electron chi connectivity index (χ3n) is 5.16. The van der Waals surface area contributed by atoms with Gasteiger partial charge in [-0.25, -0.2) is 0 Å². The van der Waals surface area contributed by atoms with Gasteiger partial charge in [-0.1, -0.05) is 91.8 Å². The Kier molecular flexibility index (Phi) is 13.2. The monoisotopic (exact) mass is 532 g/mol. The molecule has 0 aliphatic rings. The minimum atomic E-state index is -1.77. The third-order valence-corrected chi connectivity index (χ3v) is 5.16. The average Bonchev–Trinajstić information content (AvgIpc) is 2.69. The molecular formula is C26H36Cl3N2V. The van der Waals surface area contributed by atoms with Crippen molar-refractivity contribution in [1.82, 2.24) is 0 Å². The van der Waals surface area contributed by atoms with Crippen molar-refractivity contribution in [3.63, 3.8) is 0 Å². The van der Waals surface area contributed by atoms with Crippen molar-refractivity contribution >= 4 is 53.3 Å². The molecule has 0 radical (unpaired) electrons. The Hall–Kier alpha value is -0.766. The fourth-order valence-electron chi connectivity index (χ4n) is 3.54. The minimum absolute atomic E-state index is 0.442. The summed E-state index contributed by atoms with van der Waals surface area (Å²) in [5, 5.41) is 0. The van der Waals surface area contributed by atoms with E-state index in [-0.39, 0.29) is 0 Å². The van der Waals surface area contributed by atoms with Crippen molar-refractivity contribution < 1.29 is 12.3 Å². The standard InChI is InChI=1S/C26H36N2.3ClH.V/c1-17(2)21-11-9-12-22(18(3)4)25(21)27-15-16-28-26-23(19(5)6)13-10-14-24(26)20(7)8;;;;/h9-20H,1-8H3;3*1H;/q;;;;+3/p-3. The summed E-state index contributed by atoms with van der Waals surface area (Å²) in [5.74, 6) is 1.77. The van der Waals surface area contributed by atoms with Gasteiger partial charge in [-0.15, -0.1) is 0 Å². The van der Waals surface area contributed by atoms with Gasteiger partial charge in [0.1, 0.15) is 0 Å². The van der Waals surface area contributed by atoms with Gasteiger partial charge in [-0.2, -0.15) is 0 Å². The predicted octanol–water partition coefficient (Wildman–Crippen LogP) is 10.4. The van der Waals surface area contributed by atoms with Crippen LogP contribution in [0.3, 0.4) is 0 Å². The van der Waals surface area contributed by atoms with E-state index in [1.165, 1.54) is 22.3 Å². The molecule has 0 atom stereocenters. The molecule has 0 unspecified atom stereocenters. The Morgan fingerprint density at radius 3 is 0.969 bits per heavy atom. The first-order valence-electron chi connectivity index (χ1n) is 11.1. The van der Waals surface area contributed by atoms with Gasteiger partial charge >= 0.3 is 41.8 Å². The number of hydrogen-bond donors (Lipinski definition) is 0. The van der Waals surface area contributed by atoms with Crippen molar-refractivity contribution in [2.45, 2.75) is 79.1 Å². The molecule has 2 aromatic rings. The zero-order valence-corrected chi connectivity index (χ0v) is 24.1. The van der Waals surface area contributed by atoms with Crippen LogP contribution in [0.2, 0.25) is 0 Å². The normalized spacial score (nSPS) is 12.1. The second kappa shape index (κ2) is 14.5. The molecule has 0 bridgehead atoms. The molecule has 0 aliphatic carbocycles. The van der Waals surface area contributed by atoms with Crippen molar-refractivity contribution in [2.24, 2.45) is 9.98 Å². The molecule has 32 heavy (non-hydrogen) atoms. The van der Waals surface area contributed by atoms with E-state index in [1.807, 2.05) is 12.4 Å². The molecule has 0 fully saturated rings. The van der Waals surface area contributed by atoms with Crippen molar-refractivity contribution in [2.75, 3.05) is 0 Å². The molecule has 176 valence electrons. The van der Waals surface area contributed by atoms with E-state index < -0.39 is 12.3 Å². The summed E-state index contributed by atoms with van der Waals surface area (Å²) >= 11 is -1.77. The molecule has 0 aromatic heterocycles. The average molecular weight is 534 g/mol. The van der Waals surface area contributed by atoms with E-state index in [0.717, 1.165) is 11.4 Å². The summed E-state index contributed by atoms with van der Waals surface area (Å²) in [6.07, 6.45) is 3.71.